The Labute approximate surface area is 125 Å². The van der Waals surface area contributed by atoms with E-state index in [2.05, 4.69) is 21.2 Å². The molecule has 2 atom stereocenters. The van der Waals surface area contributed by atoms with Crippen molar-refractivity contribution in [2.45, 2.75) is 32.0 Å². The molecule has 0 bridgehead atoms. The number of hydrogen-bond acceptors (Lipinski definition) is 3. The number of hydrogen-bond donors (Lipinski definition) is 1. The lowest BCUT2D eigenvalue weighted by Gasteiger charge is -2.16. The summed E-state index contributed by atoms with van der Waals surface area (Å²) in [5.41, 5.74) is 0.136. The Bertz CT molecular complexity index is 477. The first-order chi connectivity index (χ1) is 9.56. The Kier molecular flexibility index (Phi) is 5.51. The minimum Gasteiger partial charge on any atom is -0.376 e. The molecule has 20 heavy (non-hydrogen) atoms. The second kappa shape index (κ2) is 7.15. The van der Waals surface area contributed by atoms with Crippen LogP contribution in [0.3, 0.4) is 0 Å². The molecule has 1 amide bonds. The standard InChI is InChI=1S/C14H17BrFNO3/c1-9(20-8-11-3-2-6-19-11)14(18)17-13-7-10(15)4-5-12(13)16/h4-5,7,9,11H,2-3,6,8H2,1H3,(H,17,18)/t9-,11-/m0/s1. The van der Waals surface area contributed by atoms with Gasteiger partial charge in [0.2, 0.25) is 0 Å². The van der Waals surface area contributed by atoms with Crippen molar-refractivity contribution in [1.82, 2.24) is 0 Å². The molecule has 0 saturated carbocycles. The van der Waals surface area contributed by atoms with Crippen LogP contribution in [-0.4, -0.2) is 31.3 Å². The van der Waals surface area contributed by atoms with Crippen LogP contribution in [-0.2, 0) is 14.3 Å². The zero-order chi connectivity index (χ0) is 14.5. The number of halogens is 2. The highest BCUT2D eigenvalue weighted by atomic mass is 79.9. The fraction of sp³-hybridized carbons (Fsp3) is 0.500. The molecule has 1 N–H and O–H groups in total. The van der Waals surface area contributed by atoms with Crippen LogP contribution in [0.5, 0.6) is 0 Å². The van der Waals surface area contributed by atoms with E-state index < -0.39 is 11.9 Å². The molecular weight excluding hydrogens is 329 g/mol. The number of benzene rings is 1. The largest absolute Gasteiger partial charge is 0.376 e. The molecule has 1 saturated heterocycles. The van der Waals surface area contributed by atoms with Crippen molar-refractivity contribution in [2.75, 3.05) is 18.5 Å². The Morgan fingerprint density at radius 2 is 2.45 bits per heavy atom. The zero-order valence-electron chi connectivity index (χ0n) is 11.2. The molecule has 0 radical (unpaired) electrons. The summed E-state index contributed by atoms with van der Waals surface area (Å²) in [6, 6.07) is 4.37. The SMILES string of the molecule is C[C@H](OC[C@@H]1CCCO1)C(=O)Nc1cc(Br)ccc1F. The van der Waals surface area contributed by atoms with E-state index in [1.165, 1.54) is 12.1 Å². The highest BCUT2D eigenvalue weighted by Gasteiger charge is 2.20. The third kappa shape index (κ3) is 4.26. The molecule has 1 aliphatic rings. The summed E-state index contributed by atoms with van der Waals surface area (Å²) in [6.07, 6.45) is 1.39. The van der Waals surface area contributed by atoms with Gasteiger partial charge in [0, 0.05) is 11.1 Å². The summed E-state index contributed by atoms with van der Waals surface area (Å²) >= 11 is 3.23. The van der Waals surface area contributed by atoms with E-state index >= 15 is 0 Å². The quantitative estimate of drug-likeness (QED) is 0.891. The van der Waals surface area contributed by atoms with Crippen molar-refractivity contribution in [3.63, 3.8) is 0 Å². The van der Waals surface area contributed by atoms with Crippen LogP contribution in [0.25, 0.3) is 0 Å². The smallest absolute Gasteiger partial charge is 0.253 e. The number of carbonyl (C=O) groups is 1. The molecule has 4 nitrogen and oxygen atoms in total. The van der Waals surface area contributed by atoms with Gasteiger partial charge in [0.25, 0.3) is 5.91 Å². The van der Waals surface area contributed by atoms with Gasteiger partial charge in [0.05, 0.1) is 18.4 Å². The molecule has 1 aromatic carbocycles. The number of ether oxygens (including phenoxy) is 2. The lowest BCUT2D eigenvalue weighted by Crippen LogP contribution is -2.30. The minimum absolute atomic E-state index is 0.0628. The van der Waals surface area contributed by atoms with Crippen molar-refractivity contribution in [3.05, 3.63) is 28.5 Å². The molecule has 0 spiro atoms. The average molecular weight is 346 g/mol. The molecule has 1 heterocycles. The summed E-state index contributed by atoms with van der Waals surface area (Å²) in [6.45, 7) is 2.77. The van der Waals surface area contributed by atoms with Crippen molar-refractivity contribution in [2.24, 2.45) is 0 Å². The molecule has 2 rings (SSSR count). The molecule has 0 unspecified atom stereocenters. The second-order valence-electron chi connectivity index (χ2n) is 4.72. The summed E-state index contributed by atoms with van der Waals surface area (Å²) in [7, 11) is 0. The van der Waals surface area contributed by atoms with E-state index in [0.29, 0.717) is 11.1 Å². The summed E-state index contributed by atoms with van der Waals surface area (Å²) < 4.78 is 25.1. The topological polar surface area (TPSA) is 47.6 Å². The van der Waals surface area contributed by atoms with Gasteiger partial charge in [0.15, 0.2) is 0 Å². The second-order valence-corrected chi connectivity index (χ2v) is 5.64. The molecule has 110 valence electrons. The predicted molar refractivity (Wildman–Crippen MR) is 77.1 cm³/mol. The van der Waals surface area contributed by atoms with Crippen molar-refractivity contribution in [1.29, 1.82) is 0 Å². The number of amides is 1. The van der Waals surface area contributed by atoms with Crippen LogP contribution in [0.4, 0.5) is 10.1 Å². The maximum atomic E-state index is 13.5. The number of nitrogens with one attached hydrogen (secondary N) is 1. The normalized spacial score (nSPS) is 19.9. The summed E-state index contributed by atoms with van der Waals surface area (Å²) in [5, 5.41) is 2.52. The van der Waals surface area contributed by atoms with Gasteiger partial charge in [-0.25, -0.2) is 4.39 Å². The number of anilines is 1. The first-order valence-electron chi connectivity index (χ1n) is 6.55. The van der Waals surface area contributed by atoms with E-state index in [4.69, 9.17) is 9.47 Å². The maximum Gasteiger partial charge on any atom is 0.253 e. The van der Waals surface area contributed by atoms with Gasteiger partial charge in [-0.05, 0) is 38.0 Å². The number of carbonyl (C=O) groups excluding carboxylic acids is 1. The van der Waals surface area contributed by atoms with Crippen molar-refractivity contribution in [3.8, 4) is 0 Å². The highest BCUT2D eigenvalue weighted by molar-refractivity contribution is 9.10. The van der Waals surface area contributed by atoms with Crippen LogP contribution >= 0.6 is 15.9 Å². The third-order valence-electron chi connectivity index (χ3n) is 3.11. The average Bonchev–Trinajstić information content (AvgIpc) is 2.93. The molecule has 1 fully saturated rings. The van der Waals surface area contributed by atoms with E-state index in [-0.39, 0.29) is 17.7 Å². The van der Waals surface area contributed by atoms with Gasteiger partial charge in [-0.3, -0.25) is 4.79 Å². The first kappa shape index (κ1) is 15.4. The van der Waals surface area contributed by atoms with Crippen LogP contribution in [0.1, 0.15) is 19.8 Å². The Hall–Kier alpha value is -0.980. The van der Waals surface area contributed by atoms with Gasteiger partial charge in [-0.1, -0.05) is 15.9 Å². The van der Waals surface area contributed by atoms with E-state index in [1.54, 1.807) is 13.0 Å². The Balaban J connectivity index is 1.85. The monoisotopic (exact) mass is 345 g/mol. The molecule has 1 aliphatic heterocycles. The highest BCUT2D eigenvalue weighted by Crippen LogP contribution is 2.20. The molecule has 1 aromatic rings. The molecule has 0 aromatic heterocycles. The van der Waals surface area contributed by atoms with Gasteiger partial charge in [-0.15, -0.1) is 0 Å². The number of rotatable bonds is 5. The van der Waals surface area contributed by atoms with E-state index in [1.807, 2.05) is 0 Å². The van der Waals surface area contributed by atoms with E-state index in [0.717, 1.165) is 19.4 Å². The van der Waals surface area contributed by atoms with Crippen molar-refractivity contribution < 1.29 is 18.7 Å². The van der Waals surface area contributed by atoms with E-state index in [9.17, 15) is 9.18 Å². The Morgan fingerprint density at radius 3 is 3.15 bits per heavy atom. The van der Waals surface area contributed by atoms with Gasteiger partial charge < -0.3 is 14.8 Å². The van der Waals surface area contributed by atoms with Gasteiger partial charge >= 0.3 is 0 Å². The molecule has 6 heteroatoms. The van der Waals surface area contributed by atoms with Gasteiger partial charge in [-0.2, -0.15) is 0 Å². The third-order valence-corrected chi connectivity index (χ3v) is 3.60. The minimum atomic E-state index is -0.655. The fourth-order valence-electron chi connectivity index (χ4n) is 1.93. The lowest BCUT2D eigenvalue weighted by atomic mass is 10.2. The summed E-state index contributed by atoms with van der Waals surface area (Å²) in [5.74, 6) is -0.854. The van der Waals surface area contributed by atoms with Crippen LogP contribution < -0.4 is 5.32 Å². The van der Waals surface area contributed by atoms with Crippen LogP contribution in [0, 0.1) is 5.82 Å². The molecule has 0 aliphatic carbocycles. The fourth-order valence-corrected chi connectivity index (χ4v) is 2.29. The van der Waals surface area contributed by atoms with Crippen LogP contribution in [0.15, 0.2) is 22.7 Å². The lowest BCUT2D eigenvalue weighted by molar-refractivity contribution is -0.128. The van der Waals surface area contributed by atoms with Crippen LogP contribution in [0.2, 0.25) is 0 Å². The predicted octanol–water partition coefficient (Wildman–Crippen LogP) is 3.11. The zero-order valence-corrected chi connectivity index (χ0v) is 12.8. The maximum absolute atomic E-state index is 13.5. The van der Waals surface area contributed by atoms with Gasteiger partial charge in [0.1, 0.15) is 11.9 Å². The molecular formula is C14H17BrFNO3. The van der Waals surface area contributed by atoms with Crippen molar-refractivity contribution >= 4 is 27.5 Å². The summed E-state index contributed by atoms with van der Waals surface area (Å²) in [4.78, 5) is 11.9. The first-order valence-corrected chi connectivity index (χ1v) is 7.34. The Morgan fingerprint density at radius 1 is 1.65 bits per heavy atom.